The predicted octanol–water partition coefficient (Wildman–Crippen LogP) is 4.53. The van der Waals surface area contributed by atoms with Gasteiger partial charge in [0.25, 0.3) is 11.8 Å². The molecule has 0 spiro atoms. The lowest BCUT2D eigenvalue weighted by atomic mass is 9.75. The fraction of sp³-hybridized carbons (Fsp3) is 0.607. The Morgan fingerprint density at radius 3 is 1.85 bits per heavy atom. The molecule has 6 aliphatic rings. The monoisotopic (exact) mass is 972 g/mol. The highest BCUT2D eigenvalue weighted by atomic mass is 16.5. The molecule has 12 atom stereocenters. The molecule has 0 aromatic heterocycles. The lowest BCUT2D eigenvalue weighted by molar-refractivity contribution is -0.150. The maximum absolute atomic E-state index is 14.5. The van der Waals surface area contributed by atoms with Crippen molar-refractivity contribution in [1.82, 2.24) is 35.6 Å². The number of nitrogens with one attached hydrogen (secondary N) is 3. The summed E-state index contributed by atoms with van der Waals surface area (Å²) in [6.07, 6.45) is 6.84. The number of piperidine rings is 2. The minimum absolute atomic E-state index is 0.0348. The van der Waals surface area contributed by atoms with Gasteiger partial charge in [-0.3, -0.25) is 28.8 Å². The number of carbonyl (C=O) groups excluding carboxylic acids is 6. The van der Waals surface area contributed by atoms with E-state index >= 15 is 0 Å². The highest BCUT2D eigenvalue weighted by Gasteiger charge is 2.56. The highest BCUT2D eigenvalue weighted by molar-refractivity contribution is 5.91. The quantitative estimate of drug-likeness (QED) is 0.231. The molecule has 6 saturated heterocycles. The van der Waals surface area contributed by atoms with Crippen LogP contribution in [0.1, 0.15) is 122 Å². The summed E-state index contributed by atoms with van der Waals surface area (Å²) in [5.41, 5.74) is 1.25. The van der Waals surface area contributed by atoms with Crippen LogP contribution < -0.4 is 16.0 Å². The molecule has 2 aromatic rings. The van der Waals surface area contributed by atoms with E-state index in [9.17, 15) is 28.8 Å². The van der Waals surface area contributed by atoms with Crippen LogP contribution in [-0.4, -0.2) is 144 Å². The maximum atomic E-state index is 14.5. The Balaban J connectivity index is 0.888. The van der Waals surface area contributed by atoms with Crippen molar-refractivity contribution in [3.05, 3.63) is 71.8 Å². The molecule has 0 saturated carbocycles. The number of nitrogens with zero attached hydrogens (tertiary/aromatic N) is 4. The summed E-state index contributed by atoms with van der Waals surface area (Å²) in [7, 11) is 1.72. The van der Waals surface area contributed by atoms with Crippen molar-refractivity contribution in [2.24, 2.45) is 17.3 Å². The molecule has 2 unspecified atom stereocenters. The van der Waals surface area contributed by atoms with Crippen molar-refractivity contribution in [3.63, 3.8) is 0 Å². The Bertz CT molecular complexity index is 2380. The summed E-state index contributed by atoms with van der Waals surface area (Å²) in [6.45, 7) is 9.60. The molecule has 0 radical (unpaired) electrons. The molecule has 15 heteroatoms. The van der Waals surface area contributed by atoms with Crippen molar-refractivity contribution < 1.29 is 38.2 Å². The van der Waals surface area contributed by atoms with Gasteiger partial charge in [-0.15, -0.1) is 0 Å². The average Bonchev–Trinajstić information content (AvgIpc) is 3.79. The third kappa shape index (κ3) is 11.5. The van der Waals surface area contributed by atoms with Crippen LogP contribution in [0, 0.1) is 40.9 Å². The Hall–Kier alpha value is -5.74. The minimum Gasteiger partial charge on any atom is -0.351 e. The fourth-order valence-corrected chi connectivity index (χ4v) is 12.0. The van der Waals surface area contributed by atoms with E-state index in [2.05, 4.69) is 46.6 Å². The van der Waals surface area contributed by atoms with Crippen molar-refractivity contribution in [1.29, 1.82) is 0 Å². The third-order valence-corrected chi connectivity index (χ3v) is 16.5. The van der Waals surface area contributed by atoms with Crippen LogP contribution in [0.3, 0.4) is 0 Å². The first-order valence-electron chi connectivity index (χ1n) is 26.1. The zero-order valence-electron chi connectivity index (χ0n) is 42.2. The van der Waals surface area contributed by atoms with Crippen molar-refractivity contribution in [2.45, 2.75) is 153 Å². The first-order chi connectivity index (χ1) is 34.3. The summed E-state index contributed by atoms with van der Waals surface area (Å²) in [5, 5.41) is 8.99. The zero-order chi connectivity index (χ0) is 50.2. The molecule has 15 nitrogen and oxygen atoms in total. The van der Waals surface area contributed by atoms with Gasteiger partial charge in [0.2, 0.25) is 23.6 Å². The molecule has 8 rings (SSSR count). The maximum Gasteiger partial charge on any atom is 0.256 e. The molecule has 6 aliphatic heterocycles. The number of ether oxygens (including phenoxy) is 2. The molecular weight excluding hydrogens is 899 g/mol. The number of rotatable bonds is 14. The molecule has 71 heavy (non-hydrogen) atoms. The van der Waals surface area contributed by atoms with Crippen molar-refractivity contribution in [3.8, 4) is 23.7 Å². The molecule has 380 valence electrons. The number of likely N-dealkylation sites (N-methyl/N-ethyl adjacent to an activating group) is 1. The van der Waals surface area contributed by atoms with E-state index in [1.54, 1.807) is 14.0 Å². The summed E-state index contributed by atoms with van der Waals surface area (Å²) >= 11 is 0. The van der Waals surface area contributed by atoms with Gasteiger partial charge in [-0.2, -0.15) is 0 Å². The first-order valence-corrected chi connectivity index (χ1v) is 26.1. The number of likely N-dealkylation sites (tertiary alicyclic amines) is 2. The van der Waals surface area contributed by atoms with Crippen LogP contribution in [0.2, 0.25) is 0 Å². The first kappa shape index (κ1) is 51.6. The Kier molecular flexibility index (Phi) is 16.9. The fourth-order valence-electron chi connectivity index (χ4n) is 12.0. The molecule has 6 heterocycles. The van der Waals surface area contributed by atoms with Gasteiger partial charge >= 0.3 is 0 Å². The van der Waals surface area contributed by atoms with Gasteiger partial charge in [0.15, 0.2) is 12.2 Å². The van der Waals surface area contributed by atoms with Crippen LogP contribution in [0.25, 0.3) is 0 Å². The van der Waals surface area contributed by atoms with E-state index in [1.807, 2.05) is 94.1 Å². The van der Waals surface area contributed by atoms with Gasteiger partial charge < -0.3 is 45.0 Å². The van der Waals surface area contributed by atoms with Gasteiger partial charge in [-0.1, -0.05) is 93.3 Å². The van der Waals surface area contributed by atoms with E-state index in [4.69, 9.17) is 9.47 Å². The average molecular weight is 972 g/mol. The molecule has 3 N–H and O–H groups in total. The van der Waals surface area contributed by atoms with E-state index in [0.29, 0.717) is 62.5 Å². The number of hydrogen-bond donors (Lipinski definition) is 3. The summed E-state index contributed by atoms with van der Waals surface area (Å²) in [5.74, 6) is 10.9. The molecule has 6 amide bonds. The van der Waals surface area contributed by atoms with Gasteiger partial charge in [-0.05, 0) is 119 Å². The molecule has 2 aromatic carbocycles. The summed E-state index contributed by atoms with van der Waals surface area (Å²) in [6, 6.07) is 17.0. The SMILES string of the molecule is CC[C@@H](C)C(=O)N[C@H]1CCC[C@H]2C[C@H]3CCN(C(=O)C(OCC#CC#CCOC(C(=O)N4CC[C@]5(C)C[C@@H]6CCC[C@H](NC(=O)[C@H](C)NC)C(=O)N6[C@@H]5C4)c4ccccc4)c4ccccc4)C[C@H]3N2C1=O. The molecule has 0 aliphatic carbocycles. The third-order valence-electron chi connectivity index (χ3n) is 16.5. The van der Waals surface area contributed by atoms with Gasteiger partial charge in [0.1, 0.15) is 25.3 Å². The molecule has 0 bridgehead atoms. The largest absolute Gasteiger partial charge is 0.351 e. The van der Waals surface area contributed by atoms with Gasteiger partial charge in [-0.25, -0.2) is 0 Å². The lowest BCUT2D eigenvalue weighted by Crippen LogP contribution is -2.59. The van der Waals surface area contributed by atoms with Gasteiger partial charge in [0.05, 0.1) is 18.1 Å². The van der Waals surface area contributed by atoms with Crippen molar-refractivity contribution in [2.75, 3.05) is 46.4 Å². The molecular formula is C56H73N7O8. The van der Waals surface area contributed by atoms with Crippen LogP contribution in [-0.2, 0) is 38.2 Å². The zero-order valence-corrected chi connectivity index (χ0v) is 42.2. The number of hydrogen-bond acceptors (Lipinski definition) is 9. The van der Waals surface area contributed by atoms with Crippen LogP contribution in [0.5, 0.6) is 0 Å². The second-order valence-electron chi connectivity index (χ2n) is 21.0. The predicted molar refractivity (Wildman–Crippen MR) is 267 cm³/mol. The minimum atomic E-state index is -0.925. The van der Waals surface area contributed by atoms with Crippen LogP contribution >= 0.6 is 0 Å². The topological polar surface area (TPSA) is 170 Å². The normalized spacial score (nSPS) is 28.7. The summed E-state index contributed by atoms with van der Waals surface area (Å²) in [4.78, 5) is 90.5. The van der Waals surface area contributed by atoms with E-state index in [0.717, 1.165) is 51.4 Å². The Morgan fingerprint density at radius 1 is 0.718 bits per heavy atom. The van der Waals surface area contributed by atoms with Gasteiger partial charge in [0, 0.05) is 44.2 Å². The standard InChI is InChI=1S/C56H73N7O8/c1-6-37(2)50(64)58-44-25-17-23-42-33-41-27-29-60(35-46(41)62(42)52(44)66)54(68)48(39-19-11-9-12-20-39)70-31-15-7-8-16-32-71-49(40-21-13-10-14-22-40)55(69)61-30-28-56(4)34-43-24-18-26-45(59-51(65)38(3)57-5)53(67)63(43)47(56)36-61/h9-14,19-22,37-38,41-49,57H,6,17-18,23-36H2,1-5H3,(H,58,64)(H,59,65)/t37-,38+,41-,42+,43+,44+,45+,46-,47-,48?,49?,56-/m1/s1. The van der Waals surface area contributed by atoms with E-state index < -0.39 is 30.3 Å². The van der Waals surface area contributed by atoms with E-state index in [-0.39, 0.29) is 84.2 Å². The number of amides is 6. The molecule has 6 fully saturated rings. The van der Waals surface area contributed by atoms with Crippen LogP contribution in [0.4, 0.5) is 0 Å². The van der Waals surface area contributed by atoms with E-state index in [1.165, 1.54) is 0 Å². The summed E-state index contributed by atoms with van der Waals surface area (Å²) < 4.78 is 12.5. The number of fused-ring (bicyclic) bond motifs is 6. The smallest absolute Gasteiger partial charge is 0.256 e. The lowest BCUT2D eigenvalue weighted by Gasteiger charge is -2.45. The van der Waals surface area contributed by atoms with Crippen LogP contribution in [0.15, 0.2) is 60.7 Å². The Labute approximate surface area is 419 Å². The second kappa shape index (κ2) is 23.2. The van der Waals surface area contributed by atoms with Crippen molar-refractivity contribution >= 4 is 35.4 Å². The highest BCUT2D eigenvalue weighted by Crippen LogP contribution is 2.49. The number of benzene rings is 2. The number of carbonyl (C=O) groups is 6. The second-order valence-corrected chi connectivity index (χ2v) is 21.0. The Morgan fingerprint density at radius 2 is 1.27 bits per heavy atom.